The Morgan fingerprint density at radius 1 is 1.25 bits per heavy atom. The summed E-state index contributed by atoms with van der Waals surface area (Å²) >= 11 is 11.9. The van der Waals surface area contributed by atoms with Crippen molar-refractivity contribution in [2.45, 2.75) is 13.8 Å². The lowest BCUT2D eigenvalue weighted by Gasteiger charge is -2.08. The molecule has 0 unspecified atom stereocenters. The van der Waals surface area contributed by atoms with Crippen LogP contribution in [0, 0.1) is 13.8 Å². The largest absolute Gasteiger partial charge is 0.484 e. The molecule has 3 nitrogen and oxygen atoms in total. The summed E-state index contributed by atoms with van der Waals surface area (Å²) in [6.07, 6.45) is 0. The number of hydrogen-bond donors (Lipinski definition) is 0. The molecule has 0 N–H and O–H groups in total. The summed E-state index contributed by atoms with van der Waals surface area (Å²) in [7, 11) is 1.93. The average molecular weight is 312 g/mol. The number of ketones is 1. The Morgan fingerprint density at radius 2 is 1.95 bits per heavy atom. The number of aryl methyl sites for hydroxylation is 1. The van der Waals surface area contributed by atoms with E-state index in [1.807, 2.05) is 31.5 Å². The molecule has 0 amide bonds. The summed E-state index contributed by atoms with van der Waals surface area (Å²) in [5.74, 6) is 0.333. The second kappa shape index (κ2) is 5.90. The van der Waals surface area contributed by atoms with Crippen LogP contribution in [0.5, 0.6) is 5.75 Å². The minimum absolute atomic E-state index is 0.0651. The molecule has 5 heteroatoms. The van der Waals surface area contributed by atoms with Gasteiger partial charge < -0.3 is 9.30 Å². The molecule has 0 spiro atoms. The summed E-state index contributed by atoms with van der Waals surface area (Å²) < 4.78 is 7.43. The van der Waals surface area contributed by atoms with Crippen LogP contribution in [-0.4, -0.2) is 17.0 Å². The molecule has 0 aliphatic heterocycles. The number of halogens is 2. The normalized spacial score (nSPS) is 10.7. The van der Waals surface area contributed by atoms with Crippen molar-refractivity contribution in [3.05, 3.63) is 51.3 Å². The van der Waals surface area contributed by atoms with Crippen molar-refractivity contribution in [3.8, 4) is 5.75 Å². The molecule has 0 fully saturated rings. The van der Waals surface area contributed by atoms with Crippen LogP contribution in [0.4, 0.5) is 0 Å². The number of Topliss-reactive ketones (excluding diaryl/α,β-unsaturated/α-hetero) is 1. The number of aromatic nitrogens is 1. The van der Waals surface area contributed by atoms with E-state index >= 15 is 0 Å². The number of nitrogens with zero attached hydrogens (tertiary/aromatic N) is 1. The lowest BCUT2D eigenvalue weighted by molar-refractivity contribution is 0.0921. The lowest BCUT2D eigenvalue weighted by Crippen LogP contribution is -2.12. The van der Waals surface area contributed by atoms with Crippen LogP contribution < -0.4 is 4.74 Å². The Morgan fingerprint density at radius 3 is 2.55 bits per heavy atom. The predicted molar refractivity (Wildman–Crippen MR) is 81.2 cm³/mol. The Kier molecular flexibility index (Phi) is 4.41. The highest BCUT2D eigenvalue weighted by molar-refractivity contribution is 6.34. The third kappa shape index (κ3) is 3.00. The predicted octanol–water partition coefficient (Wildman–Crippen LogP) is 4.21. The summed E-state index contributed by atoms with van der Waals surface area (Å²) in [6, 6.07) is 6.77. The fourth-order valence-corrected chi connectivity index (χ4v) is 2.28. The van der Waals surface area contributed by atoms with E-state index in [4.69, 9.17) is 27.9 Å². The van der Waals surface area contributed by atoms with Crippen LogP contribution in [0.3, 0.4) is 0 Å². The number of rotatable bonds is 4. The Balaban J connectivity index is 2.12. The zero-order valence-electron chi connectivity index (χ0n) is 11.5. The molecule has 0 radical (unpaired) electrons. The molecule has 106 valence electrons. The lowest BCUT2D eigenvalue weighted by atomic mass is 10.1. The van der Waals surface area contributed by atoms with Gasteiger partial charge >= 0.3 is 0 Å². The van der Waals surface area contributed by atoms with Crippen molar-refractivity contribution in [1.82, 2.24) is 4.57 Å². The van der Waals surface area contributed by atoms with E-state index in [0.717, 1.165) is 11.4 Å². The van der Waals surface area contributed by atoms with Crippen molar-refractivity contribution in [2.75, 3.05) is 6.61 Å². The molecule has 0 aliphatic carbocycles. The van der Waals surface area contributed by atoms with Gasteiger partial charge in [-0.3, -0.25) is 4.79 Å². The van der Waals surface area contributed by atoms with Crippen LogP contribution in [0.1, 0.15) is 21.7 Å². The molecular formula is C15H15Cl2NO2. The summed E-state index contributed by atoms with van der Waals surface area (Å²) in [5.41, 5.74) is 2.63. The first-order chi connectivity index (χ1) is 9.40. The molecule has 0 saturated heterocycles. The summed E-state index contributed by atoms with van der Waals surface area (Å²) in [5, 5.41) is 0.951. The average Bonchev–Trinajstić information content (AvgIpc) is 2.67. The van der Waals surface area contributed by atoms with Crippen molar-refractivity contribution in [3.63, 3.8) is 0 Å². The molecule has 20 heavy (non-hydrogen) atoms. The standard InChI is InChI=1S/C15H15Cl2NO2/c1-9-6-12(10(2)18(9)3)14(19)8-20-15-7-11(16)4-5-13(15)17/h4-7H,8H2,1-3H3. The van der Waals surface area contributed by atoms with Gasteiger partial charge in [-0.1, -0.05) is 23.2 Å². The first kappa shape index (κ1) is 14.9. The zero-order chi connectivity index (χ0) is 14.9. The molecule has 0 bridgehead atoms. The monoisotopic (exact) mass is 311 g/mol. The zero-order valence-corrected chi connectivity index (χ0v) is 13.0. The van der Waals surface area contributed by atoms with Crippen molar-refractivity contribution in [2.24, 2.45) is 7.05 Å². The SMILES string of the molecule is Cc1cc(C(=O)COc2cc(Cl)ccc2Cl)c(C)n1C. The molecular weight excluding hydrogens is 297 g/mol. The van der Waals surface area contributed by atoms with Gasteiger partial charge in [0.2, 0.25) is 5.78 Å². The van der Waals surface area contributed by atoms with Gasteiger partial charge in [-0.25, -0.2) is 0 Å². The Bertz CT molecular complexity index is 662. The third-order valence-corrected chi connectivity index (χ3v) is 3.87. The van der Waals surface area contributed by atoms with E-state index in [1.165, 1.54) is 0 Å². The molecule has 0 atom stereocenters. The van der Waals surface area contributed by atoms with Crippen molar-refractivity contribution < 1.29 is 9.53 Å². The van der Waals surface area contributed by atoms with Crippen LogP contribution in [0.25, 0.3) is 0 Å². The Hall–Kier alpha value is -1.45. The highest BCUT2D eigenvalue weighted by Gasteiger charge is 2.15. The minimum Gasteiger partial charge on any atom is -0.484 e. The van der Waals surface area contributed by atoms with Gasteiger partial charge in [0.1, 0.15) is 5.75 Å². The van der Waals surface area contributed by atoms with Gasteiger partial charge in [0, 0.05) is 35.1 Å². The van der Waals surface area contributed by atoms with Crippen LogP contribution in [0.2, 0.25) is 10.0 Å². The second-order valence-corrected chi connectivity index (χ2v) is 5.47. The van der Waals surface area contributed by atoms with Gasteiger partial charge in [0.15, 0.2) is 6.61 Å². The van der Waals surface area contributed by atoms with E-state index in [1.54, 1.807) is 18.2 Å². The molecule has 2 rings (SSSR count). The molecule has 0 aliphatic rings. The molecule has 1 aromatic carbocycles. The van der Waals surface area contributed by atoms with Gasteiger partial charge in [-0.2, -0.15) is 0 Å². The molecule has 1 heterocycles. The molecule has 0 saturated carbocycles. The van der Waals surface area contributed by atoms with E-state index in [9.17, 15) is 4.79 Å². The van der Waals surface area contributed by atoms with E-state index in [0.29, 0.717) is 21.4 Å². The van der Waals surface area contributed by atoms with Gasteiger partial charge in [0.25, 0.3) is 0 Å². The highest BCUT2D eigenvalue weighted by atomic mass is 35.5. The maximum absolute atomic E-state index is 12.2. The highest BCUT2D eigenvalue weighted by Crippen LogP contribution is 2.28. The topological polar surface area (TPSA) is 31.2 Å². The smallest absolute Gasteiger partial charge is 0.202 e. The van der Waals surface area contributed by atoms with Crippen LogP contribution >= 0.6 is 23.2 Å². The second-order valence-electron chi connectivity index (χ2n) is 4.63. The number of carbonyl (C=O) groups excluding carboxylic acids is 1. The number of hydrogen-bond acceptors (Lipinski definition) is 2. The van der Waals surface area contributed by atoms with E-state index < -0.39 is 0 Å². The summed E-state index contributed by atoms with van der Waals surface area (Å²) in [6.45, 7) is 3.80. The van der Waals surface area contributed by atoms with Gasteiger partial charge in [-0.15, -0.1) is 0 Å². The van der Waals surface area contributed by atoms with Gasteiger partial charge in [0.05, 0.1) is 5.02 Å². The number of benzene rings is 1. The molecule has 1 aromatic heterocycles. The van der Waals surface area contributed by atoms with E-state index in [2.05, 4.69) is 0 Å². The fraction of sp³-hybridized carbons (Fsp3) is 0.267. The fourth-order valence-electron chi connectivity index (χ4n) is 1.95. The minimum atomic E-state index is -0.0813. The molecule has 2 aromatic rings. The number of ether oxygens (including phenoxy) is 1. The van der Waals surface area contributed by atoms with Gasteiger partial charge in [-0.05, 0) is 32.0 Å². The Labute approximate surface area is 128 Å². The first-order valence-corrected chi connectivity index (χ1v) is 6.89. The van der Waals surface area contributed by atoms with Crippen LogP contribution in [0.15, 0.2) is 24.3 Å². The number of carbonyl (C=O) groups is 1. The van der Waals surface area contributed by atoms with Crippen molar-refractivity contribution in [1.29, 1.82) is 0 Å². The van der Waals surface area contributed by atoms with Crippen molar-refractivity contribution >= 4 is 29.0 Å². The third-order valence-electron chi connectivity index (χ3n) is 3.33. The maximum Gasteiger partial charge on any atom is 0.202 e. The maximum atomic E-state index is 12.2. The quantitative estimate of drug-likeness (QED) is 0.792. The first-order valence-electron chi connectivity index (χ1n) is 6.14. The summed E-state index contributed by atoms with van der Waals surface area (Å²) in [4.78, 5) is 12.2. The van der Waals surface area contributed by atoms with Crippen LogP contribution in [-0.2, 0) is 7.05 Å². The van der Waals surface area contributed by atoms with E-state index in [-0.39, 0.29) is 12.4 Å².